The third-order valence-electron chi connectivity index (χ3n) is 5.14. The molecule has 1 N–H and O–H groups in total. The summed E-state index contributed by atoms with van der Waals surface area (Å²) in [5.41, 5.74) is 2.80. The molecule has 0 spiro atoms. The van der Waals surface area contributed by atoms with Crippen molar-refractivity contribution in [2.45, 2.75) is 6.42 Å². The summed E-state index contributed by atoms with van der Waals surface area (Å²) in [5.74, 6) is -0.893. The summed E-state index contributed by atoms with van der Waals surface area (Å²) in [7, 11) is 1.61. The van der Waals surface area contributed by atoms with E-state index in [-0.39, 0.29) is 12.5 Å². The van der Waals surface area contributed by atoms with Gasteiger partial charge in [0, 0.05) is 18.7 Å². The second-order valence-corrected chi connectivity index (χ2v) is 6.97. The number of carbonyl (C=O) groups is 2. The molecule has 29 heavy (non-hydrogen) atoms. The summed E-state index contributed by atoms with van der Waals surface area (Å²) < 4.78 is 6.96. The highest BCUT2D eigenvalue weighted by Gasteiger charge is 2.32. The molecule has 1 aromatic heterocycles. The number of carboxylic acids is 1. The number of hydrogen-bond donors (Lipinski definition) is 1. The number of hydrogen-bond acceptors (Lipinski definition) is 4. The number of carbonyl (C=O) groups excluding carboxylic acids is 1. The summed E-state index contributed by atoms with van der Waals surface area (Å²) in [4.78, 5) is 25.8. The highest BCUT2D eigenvalue weighted by atomic mass is 16.5. The lowest BCUT2D eigenvalue weighted by molar-refractivity contribution is -0.141. The molecule has 7 heteroatoms. The van der Waals surface area contributed by atoms with Crippen molar-refractivity contribution in [3.8, 4) is 22.7 Å². The van der Waals surface area contributed by atoms with Gasteiger partial charge in [0.1, 0.15) is 5.75 Å². The van der Waals surface area contributed by atoms with E-state index in [0.717, 1.165) is 22.7 Å². The van der Waals surface area contributed by atoms with Gasteiger partial charge in [-0.1, -0.05) is 18.2 Å². The molecule has 7 nitrogen and oxygen atoms in total. The van der Waals surface area contributed by atoms with Crippen molar-refractivity contribution in [2.75, 3.05) is 20.2 Å². The number of likely N-dealkylation sites (tertiary alicyclic amines) is 1. The number of para-hydroxylation sites is 1. The van der Waals surface area contributed by atoms with Gasteiger partial charge in [-0.05, 0) is 48.9 Å². The molecule has 0 bridgehead atoms. The molecule has 0 saturated carbocycles. The van der Waals surface area contributed by atoms with Crippen LogP contribution in [0.5, 0.6) is 5.75 Å². The molecule has 2 heterocycles. The van der Waals surface area contributed by atoms with Gasteiger partial charge in [0.2, 0.25) is 0 Å². The Morgan fingerprint density at radius 2 is 1.83 bits per heavy atom. The molecule has 1 amide bonds. The van der Waals surface area contributed by atoms with Crippen LogP contribution >= 0.6 is 0 Å². The standard InChI is InChI=1S/C22H21N3O4/c1-29-18-9-7-15(8-10-18)20-13-19(23-25(20)17-5-3-2-4-6-17)21(26)24-12-11-16(14-24)22(27)28/h2-10,13,16H,11-12,14H2,1H3,(H,27,28). The monoisotopic (exact) mass is 391 g/mol. The van der Waals surface area contributed by atoms with Crippen molar-refractivity contribution in [3.63, 3.8) is 0 Å². The van der Waals surface area contributed by atoms with E-state index in [4.69, 9.17) is 4.74 Å². The predicted octanol–water partition coefficient (Wildman–Crippen LogP) is 3.09. The molecule has 148 valence electrons. The topological polar surface area (TPSA) is 84.7 Å². The van der Waals surface area contributed by atoms with Gasteiger partial charge in [0.05, 0.1) is 24.4 Å². The van der Waals surface area contributed by atoms with Crippen LogP contribution in [0.15, 0.2) is 60.7 Å². The lowest BCUT2D eigenvalue weighted by Gasteiger charge is -2.13. The van der Waals surface area contributed by atoms with Crippen molar-refractivity contribution >= 4 is 11.9 Å². The minimum Gasteiger partial charge on any atom is -0.497 e. The van der Waals surface area contributed by atoms with Gasteiger partial charge in [0.15, 0.2) is 5.69 Å². The average molecular weight is 391 g/mol. The van der Waals surface area contributed by atoms with E-state index in [1.54, 1.807) is 22.8 Å². The van der Waals surface area contributed by atoms with E-state index >= 15 is 0 Å². The quantitative estimate of drug-likeness (QED) is 0.722. The summed E-state index contributed by atoms with van der Waals surface area (Å²) in [6.07, 6.45) is 0.464. The number of aliphatic carboxylic acids is 1. The van der Waals surface area contributed by atoms with E-state index < -0.39 is 11.9 Å². The first-order chi connectivity index (χ1) is 14.1. The normalized spacial score (nSPS) is 16.0. The largest absolute Gasteiger partial charge is 0.497 e. The lowest BCUT2D eigenvalue weighted by Crippen LogP contribution is -2.30. The Labute approximate surface area is 168 Å². The first-order valence-electron chi connectivity index (χ1n) is 9.39. The van der Waals surface area contributed by atoms with Crippen LogP contribution in [0.25, 0.3) is 16.9 Å². The van der Waals surface area contributed by atoms with Gasteiger partial charge < -0.3 is 14.7 Å². The Balaban J connectivity index is 1.71. The van der Waals surface area contributed by atoms with Gasteiger partial charge >= 0.3 is 5.97 Å². The molecule has 1 unspecified atom stereocenters. The number of rotatable bonds is 5. The third kappa shape index (κ3) is 3.71. The number of aromatic nitrogens is 2. The van der Waals surface area contributed by atoms with Crippen LogP contribution in [0.2, 0.25) is 0 Å². The number of ether oxygens (including phenoxy) is 1. The van der Waals surface area contributed by atoms with Crippen molar-refractivity contribution in [1.82, 2.24) is 14.7 Å². The Bertz CT molecular complexity index is 1030. The van der Waals surface area contributed by atoms with Crippen LogP contribution < -0.4 is 4.74 Å². The fourth-order valence-electron chi connectivity index (χ4n) is 3.53. The maximum Gasteiger partial charge on any atom is 0.308 e. The Hall–Kier alpha value is -3.61. The van der Waals surface area contributed by atoms with Crippen molar-refractivity contribution in [3.05, 3.63) is 66.4 Å². The SMILES string of the molecule is COc1ccc(-c2cc(C(=O)N3CCC(C(=O)O)C3)nn2-c2ccccc2)cc1. The Kier molecular flexibility index (Phi) is 5.03. The first kappa shape index (κ1) is 18.7. The van der Waals surface area contributed by atoms with E-state index in [0.29, 0.717) is 18.7 Å². The molecule has 2 aromatic carbocycles. The zero-order chi connectivity index (χ0) is 20.4. The number of carboxylic acid groups (broad SMARTS) is 1. The maximum atomic E-state index is 13.0. The number of nitrogens with zero attached hydrogens (tertiary/aromatic N) is 3. The van der Waals surface area contributed by atoms with Crippen LogP contribution in [-0.2, 0) is 4.79 Å². The highest BCUT2D eigenvalue weighted by Crippen LogP contribution is 2.27. The maximum absolute atomic E-state index is 13.0. The number of amides is 1. The van der Waals surface area contributed by atoms with Crippen LogP contribution in [-0.4, -0.2) is 51.9 Å². The fraction of sp³-hybridized carbons (Fsp3) is 0.227. The third-order valence-corrected chi connectivity index (χ3v) is 5.14. The van der Waals surface area contributed by atoms with E-state index in [1.165, 1.54) is 0 Å². The average Bonchev–Trinajstić information content (AvgIpc) is 3.42. The highest BCUT2D eigenvalue weighted by molar-refractivity contribution is 5.94. The summed E-state index contributed by atoms with van der Waals surface area (Å²) in [6.45, 7) is 0.635. The van der Waals surface area contributed by atoms with Crippen molar-refractivity contribution in [1.29, 1.82) is 0 Å². The van der Waals surface area contributed by atoms with E-state index in [2.05, 4.69) is 5.10 Å². The minimum absolute atomic E-state index is 0.213. The first-order valence-corrected chi connectivity index (χ1v) is 9.39. The second-order valence-electron chi connectivity index (χ2n) is 6.97. The number of methoxy groups -OCH3 is 1. The zero-order valence-corrected chi connectivity index (χ0v) is 16.0. The minimum atomic E-state index is -0.867. The second kappa shape index (κ2) is 7.79. The molecule has 1 atom stereocenters. The van der Waals surface area contributed by atoms with Crippen molar-refractivity contribution < 1.29 is 19.4 Å². The smallest absolute Gasteiger partial charge is 0.308 e. The molecule has 1 aliphatic heterocycles. The van der Waals surface area contributed by atoms with Gasteiger partial charge in [-0.3, -0.25) is 9.59 Å². The molecular formula is C22H21N3O4. The van der Waals surface area contributed by atoms with E-state index in [1.807, 2.05) is 54.6 Å². The molecule has 3 aromatic rings. The molecule has 1 saturated heterocycles. The molecule has 0 radical (unpaired) electrons. The summed E-state index contributed by atoms with van der Waals surface area (Å²) >= 11 is 0. The molecular weight excluding hydrogens is 370 g/mol. The fourth-order valence-corrected chi connectivity index (χ4v) is 3.53. The van der Waals surface area contributed by atoms with Crippen LogP contribution in [0.3, 0.4) is 0 Å². The van der Waals surface area contributed by atoms with Gasteiger partial charge in [-0.2, -0.15) is 5.10 Å². The van der Waals surface area contributed by atoms with Gasteiger partial charge in [0.25, 0.3) is 5.91 Å². The molecule has 0 aliphatic carbocycles. The van der Waals surface area contributed by atoms with Crippen LogP contribution in [0.4, 0.5) is 0 Å². The predicted molar refractivity (Wildman–Crippen MR) is 107 cm³/mol. The van der Waals surface area contributed by atoms with Crippen molar-refractivity contribution in [2.24, 2.45) is 5.92 Å². The van der Waals surface area contributed by atoms with Gasteiger partial charge in [-0.25, -0.2) is 4.68 Å². The summed E-state index contributed by atoms with van der Waals surface area (Å²) in [6, 6.07) is 18.9. The molecule has 1 fully saturated rings. The Morgan fingerprint density at radius 3 is 2.45 bits per heavy atom. The molecule has 1 aliphatic rings. The van der Waals surface area contributed by atoms with E-state index in [9.17, 15) is 14.7 Å². The number of benzene rings is 2. The van der Waals surface area contributed by atoms with Crippen LogP contribution in [0.1, 0.15) is 16.9 Å². The summed E-state index contributed by atoms with van der Waals surface area (Å²) in [5, 5.41) is 13.8. The van der Waals surface area contributed by atoms with Gasteiger partial charge in [-0.15, -0.1) is 0 Å². The van der Waals surface area contributed by atoms with Crippen LogP contribution in [0, 0.1) is 5.92 Å². The zero-order valence-electron chi connectivity index (χ0n) is 16.0. The lowest BCUT2D eigenvalue weighted by atomic mass is 10.1. The molecule has 4 rings (SSSR count). The Morgan fingerprint density at radius 1 is 1.10 bits per heavy atom.